The number of benzene rings is 1. The monoisotopic (exact) mass is 282 g/mol. The average Bonchev–Trinajstić information content (AvgIpc) is 2.52. The summed E-state index contributed by atoms with van der Waals surface area (Å²) < 4.78 is 4.64. The minimum atomic E-state index is -0.485. The smallest absolute Gasteiger partial charge is 0.335 e. The van der Waals surface area contributed by atoms with Gasteiger partial charge in [-0.2, -0.15) is 0 Å². The van der Waals surface area contributed by atoms with Gasteiger partial charge >= 0.3 is 5.63 Å². The molecule has 5 nitrogen and oxygen atoms in total. The van der Waals surface area contributed by atoms with Crippen LogP contribution in [0.15, 0.2) is 51.9 Å². The lowest BCUT2D eigenvalue weighted by molar-refractivity contribution is 0.0948. The maximum atomic E-state index is 11.8. The number of nitrogens with two attached hydrogens (primary N) is 1. The van der Waals surface area contributed by atoms with Gasteiger partial charge in [-0.05, 0) is 23.8 Å². The van der Waals surface area contributed by atoms with Crippen LogP contribution in [-0.4, -0.2) is 12.5 Å². The van der Waals surface area contributed by atoms with Gasteiger partial charge in [-0.3, -0.25) is 4.79 Å². The first-order valence-corrected chi connectivity index (χ1v) is 6.34. The predicted molar refractivity (Wildman–Crippen MR) is 78.5 cm³/mol. The van der Waals surface area contributed by atoms with Crippen LogP contribution in [0.3, 0.4) is 0 Å². The Morgan fingerprint density at radius 2 is 1.95 bits per heavy atom. The van der Waals surface area contributed by atoms with Crippen LogP contribution in [0.25, 0.3) is 0 Å². The second-order valence-corrected chi connectivity index (χ2v) is 4.23. The van der Waals surface area contributed by atoms with Gasteiger partial charge in [0.2, 0.25) is 0 Å². The molecule has 21 heavy (non-hydrogen) atoms. The van der Waals surface area contributed by atoms with Crippen LogP contribution in [-0.2, 0) is 6.54 Å². The van der Waals surface area contributed by atoms with Crippen molar-refractivity contribution in [1.82, 2.24) is 5.32 Å². The largest absolute Gasteiger partial charge is 0.430 e. The number of carbonyl (C=O) groups is 1. The van der Waals surface area contributed by atoms with E-state index in [2.05, 4.69) is 21.6 Å². The van der Waals surface area contributed by atoms with Crippen molar-refractivity contribution < 1.29 is 9.21 Å². The molecule has 1 aromatic carbocycles. The summed E-state index contributed by atoms with van der Waals surface area (Å²) in [6.07, 6.45) is 1.14. The van der Waals surface area contributed by atoms with Gasteiger partial charge in [0.15, 0.2) is 0 Å². The molecule has 0 radical (unpaired) electrons. The molecule has 0 fully saturated rings. The summed E-state index contributed by atoms with van der Waals surface area (Å²) in [5.41, 5.74) is 6.94. The minimum absolute atomic E-state index is 0.300. The van der Waals surface area contributed by atoms with E-state index in [4.69, 9.17) is 5.73 Å². The lowest BCUT2D eigenvalue weighted by Gasteiger charge is -2.05. The van der Waals surface area contributed by atoms with Crippen molar-refractivity contribution in [2.75, 3.05) is 6.54 Å². The van der Waals surface area contributed by atoms with Crippen LogP contribution in [0.5, 0.6) is 0 Å². The molecule has 1 aromatic heterocycles. The lowest BCUT2D eigenvalue weighted by Crippen LogP contribution is -2.23. The zero-order valence-corrected chi connectivity index (χ0v) is 11.3. The van der Waals surface area contributed by atoms with Crippen molar-refractivity contribution in [2.24, 2.45) is 5.73 Å². The highest BCUT2D eigenvalue weighted by Gasteiger charge is 2.05. The van der Waals surface area contributed by atoms with E-state index in [-0.39, 0.29) is 5.91 Å². The van der Waals surface area contributed by atoms with E-state index < -0.39 is 5.63 Å². The molecule has 0 aliphatic rings. The first-order valence-electron chi connectivity index (χ1n) is 6.34. The van der Waals surface area contributed by atoms with E-state index in [0.717, 1.165) is 17.4 Å². The number of carbonyl (C=O) groups excluding carboxylic acids is 1. The standard InChI is InChI=1S/C16H14N2O3/c17-9-1-2-12-3-5-13(6-4-12)10-18-16(20)14-7-8-15(19)21-11-14/h3-8,11H,9-10,17H2,(H,18,20). The van der Waals surface area contributed by atoms with Gasteiger partial charge < -0.3 is 15.5 Å². The molecule has 1 amide bonds. The maximum Gasteiger partial charge on any atom is 0.335 e. The maximum absolute atomic E-state index is 11.8. The number of hydrogen-bond donors (Lipinski definition) is 2. The molecular formula is C16H14N2O3. The van der Waals surface area contributed by atoms with Crippen LogP contribution in [0.2, 0.25) is 0 Å². The third-order valence-electron chi connectivity index (χ3n) is 2.71. The van der Waals surface area contributed by atoms with Crippen LogP contribution in [0, 0.1) is 11.8 Å². The fourth-order valence-corrected chi connectivity index (χ4v) is 1.63. The van der Waals surface area contributed by atoms with Crippen molar-refractivity contribution in [3.05, 3.63) is 69.8 Å². The minimum Gasteiger partial charge on any atom is -0.430 e. The fourth-order valence-electron chi connectivity index (χ4n) is 1.63. The summed E-state index contributed by atoms with van der Waals surface area (Å²) in [6.45, 7) is 0.702. The number of hydrogen-bond acceptors (Lipinski definition) is 4. The molecule has 0 atom stereocenters. The molecule has 0 unspecified atom stereocenters. The molecule has 0 saturated carbocycles. The molecule has 0 bridgehead atoms. The lowest BCUT2D eigenvalue weighted by atomic mass is 10.1. The van der Waals surface area contributed by atoms with E-state index in [1.807, 2.05) is 24.3 Å². The summed E-state index contributed by atoms with van der Waals surface area (Å²) in [5, 5.41) is 2.74. The van der Waals surface area contributed by atoms with E-state index in [1.165, 1.54) is 12.1 Å². The molecule has 106 valence electrons. The summed E-state index contributed by atoms with van der Waals surface area (Å²) in [5.74, 6) is 5.40. The quantitative estimate of drug-likeness (QED) is 0.818. The third kappa shape index (κ3) is 4.34. The topological polar surface area (TPSA) is 85.3 Å². The fraction of sp³-hybridized carbons (Fsp3) is 0.125. The predicted octanol–water partition coefficient (Wildman–Crippen LogP) is 0.880. The van der Waals surface area contributed by atoms with Gasteiger partial charge in [-0.1, -0.05) is 24.0 Å². The molecule has 0 aliphatic heterocycles. The Labute approximate surface area is 121 Å². The van der Waals surface area contributed by atoms with Gasteiger partial charge in [0, 0.05) is 18.2 Å². The van der Waals surface area contributed by atoms with Crippen molar-refractivity contribution >= 4 is 5.91 Å². The highest BCUT2D eigenvalue weighted by molar-refractivity contribution is 5.93. The highest BCUT2D eigenvalue weighted by Crippen LogP contribution is 2.04. The molecule has 1 heterocycles. The van der Waals surface area contributed by atoms with Crippen molar-refractivity contribution in [2.45, 2.75) is 6.54 Å². The normalized spacial score (nSPS) is 9.57. The molecule has 0 saturated heterocycles. The molecule has 2 aromatic rings. The zero-order chi connectivity index (χ0) is 15.1. The van der Waals surface area contributed by atoms with Gasteiger partial charge in [0.05, 0.1) is 12.1 Å². The van der Waals surface area contributed by atoms with E-state index in [0.29, 0.717) is 18.7 Å². The van der Waals surface area contributed by atoms with E-state index in [1.54, 1.807) is 0 Å². The van der Waals surface area contributed by atoms with Crippen molar-refractivity contribution in [3.63, 3.8) is 0 Å². The van der Waals surface area contributed by atoms with Crippen LogP contribution in [0.4, 0.5) is 0 Å². The van der Waals surface area contributed by atoms with Crippen molar-refractivity contribution in [3.8, 4) is 11.8 Å². The molecule has 5 heteroatoms. The Morgan fingerprint density at radius 1 is 1.19 bits per heavy atom. The van der Waals surface area contributed by atoms with Crippen LogP contribution < -0.4 is 16.7 Å². The molecule has 3 N–H and O–H groups in total. The second-order valence-electron chi connectivity index (χ2n) is 4.23. The number of amides is 1. The first kappa shape index (κ1) is 14.6. The average molecular weight is 282 g/mol. The Bertz CT molecular complexity index is 716. The van der Waals surface area contributed by atoms with Gasteiger partial charge in [-0.15, -0.1) is 0 Å². The summed E-state index contributed by atoms with van der Waals surface area (Å²) >= 11 is 0. The summed E-state index contributed by atoms with van der Waals surface area (Å²) in [6, 6.07) is 10.1. The zero-order valence-electron chi connectivity index (χ0n) is 11.3. The Kier molecular flexibility index (Phi) is 4.91. The molecular weight excluding hydrogens is 268 g/mol. The third-order valence-corrected chi connectivity index (χ3v) is 2.71. The highest BCUT2D eigenvalue weighted by atomic mass is 16.4. The molecule has 0 aliphatic carbocycles. The SMILES string of the molecule is NCC#Cc1ccc(CNC(=O)c2ccc(=O)oc2)cc1. The Morgan fingerprint density at radius 3 is 2.57 bits per heavy atom. The number of rotatable bonds is 3. The Balaban J connectivity index is 1.95. The van der Waals surface area contributed by atoms with Crippen LogP contribution in [0.1, 0.15) is 21.5 Å². The van der Waals surface area contributed by atoms with Crippen LogP contribution >= 0.6 is 0 Å². The van der Waals surface area contributed by atoms with Gasteiger partial charge in [0.1, 0.15) is 6.26 Å². The second kappa shape index (κ2) is 7.08. The molecule has 2 rings (SSSR count). The number of nitrogens with one attached hydrogen (secondary N) is 1. The first-order chi connectivity index (χ1) is 10.2. The van der Waals surface area contributed by atoms with E-state index >= 15 is 0 Å². The van der Waals surface area contributed by atoms with Gasteiger partial charge in [-0.25, -0.2) is 4.79 Å². The summed E-state index contributed by atoms with van der Waals surface area (Å²) in [7, 11) is 0. The molecule has 0 spiro atoms. The van der Waals surface area contributed by atoms with Crippen molar-refractivity contribution in [1.29, 1.82) is 0 Å². The van der Waals surface area contributed by atoms with E-state index in [9.17, 15) is 9.59 Å². The summed E-state index contributed by atoms with van der Waals surface area (Å²) in [4.78, 5) is 22.6. The van der Waals surface area contributed by atoms with Gasteiger partial charge in [0.25, 0.3) is 5.91 Å². The Hall–Kier alpha value is -2.84.